The van der Waals surface area contributed by atoms with Crippen LogP contribution in [0.3, 0.4) is 0 Å². The minimum absolute atomic E-state index is 0.121. The molecule has 0 unspecified atom stereocenters. The van der Waals surface area contributed by atoms with Crippen molar-refractivity contribution in [3.05, 3.63) is 23.8 Å². The number of hydrogen-bond acceptors (Lipinski definition) is 5. The smallest absolute Gasteiger partial charge is 0.231 e. The third kappa shape index (κ3) is 4.84. The highest BCUT2D eigenvalue weighted by atomic mass is 32.2. The fourth-order valence-corrected chi connectivity index (χ4v) is 3.55. The molecular formula is C15H22N2O5S. The quantitative estimate of drug-likeness (QED) is 0.802. The first-order valence-corrected chi connectivity index (χ1v) is 9.24. The molecule has 1 aliphatic heterocycles. The number of sulfonamides is 1. The highest BCUT2D eigenvalue weighted by Gasteiger charge is 2.20. The average molecular weight is 342 g/mol. The Morgan fingerprint density at radius 1 is 1.30 bits per heavy atom. The fraction of sp³-hybridized carbons (Fsp3) is 0.533. The molecule has 8 heteroatoms. The van der Waals surface area contributed by atoms with Gasteiger partial charge in [0.15, 0.2) is 11.5 Å². The van der Waals surface area contributed by atoms with Crippen molar-refractivity contribution in [1.29, 1.82) is 0 Å². The molecule has 1 N–H and O–H groups in total. The second kappa shape index (κ2) is 7.18. The normalized spacial score (nSPS) is 13.6. The standard InChI is InChI=1S/C15H22N2O5S/c1-11(2)17(23(3,19)20)7-6-15(18)16-9-12-4-5-13-14(8-12)22-10-21-13/h4-5,8,11H,6-7,9-10H2,1-3H3,(H,16,18). The number of carbonyl (C=O) groups excluding carboxylic acids is 1. The van der Waals surface area contributed by atoms with E-state index in [1.807, 2.05) is 12.1 Å². The van der Waals surface area contributed by atoms with Gasteiger partial charge in [-0.3, -0.25) is 4.79 Å². The minimum Gasteiger partial charge on any atom is -0.454 e. The molecule has 1 aromatic rings. The van der Waals surface area contributed by atoms with Crippen molar-refractivity contribution in [3.8, 4) is 11.5 Å². The third-order valence-electron chi connectivity index (χ3n) is 3.49. The summed E-state index contributed by atoms with van der Waals surface area (Å²) in [7, 11) is -3.31. The van der Waals surface area contributed by atoms with Crippen molar-refractivity contribution in [3.63, 3.8) is 0 Å². The second-order valence-electron chi connectivity index (χ2n) is 5.68. The van der Waals surface area contributed by atoms with Crippen molar-refractivity contribution in [1.82, 2.24) is 9.62 Å². The molecule has 23 heavy (non-hydrogen) atoms. The Morgan fingerprint density at radius 2 is 2.00 bits per heavy atom. The number of hydrogen-bond donors (Lipinski definition) is 1. The third-order valence-corrected chi connectivity index (χ3v) is 4.94. The monoisotopic (exact) mass is 342 g/mol. The molecule has 128 valence electrons. The van der Waals surface area contributed by atoms with E-state index in [2.05, 4.69) is 5.32 Å². The Kier molecular flexibility index (Phi) is 5.48. The van der Waals surface area contributed by atoms with Crippen LogP contribution >= 0.6 is 0 Å². The van der Waals surface area contributed by atoms with Crippen molar-refractivity contribution in [2.45, 2.75) is 32.9 Å². The molecular weight excluding hydrogens is 320 g/mol. The molecule has 1 heterocycles. The maximum atomic E-state index is 11.9. The molecule has 1 aliphatic rings. The summed E-state index contributed by atoms with van der Waals surface area (Å²) in [6, 6.07) is 5.30. The molecule has 2 rings (SSSR count). The highest BCUT2D eigenvalue weighted by molar-refractivity contribution is 7.88. The Balaban J connectivity index is 1.83. The minimum atomic E-state index is -3.31. The van der Waals surface area contributed by atoms with Gasteiger partial charge in [0.25, 0.3) is 0 Å². The summed E-state index contributed by atoms with van der Waals surface area (Å²) < 4.78 is 35.1. The lowest BCUT2D eigenvalue weighted by Gasteiger charge is -2.23. The summed E-state index contributed by atoms with van der Waals surface area (Å²) in [5, 5.41) is 2.78. The van der Waals surface area contributed by atoms with Crippen LogP contribution in [0.4, 0.5) is 0 Å². The predicted molar refractivity (Wildman–Crippen MR) is 85.7 cm³/mol. The van der Waals surface area contributed by atoms with Gasteiger partial charge in [0.2, 0.25) is 22.7 Å². The number of nitrogens with one attached hydrogen (secondary N) is 1. The van der Waals surface area contributed by atoms with Gasteiger partial charge in [-0.25, -0.2) is 8.42 Å². The summed E-state index contributed by atoms with van der Waals surface area (Å²) in [4.78, 5) is 11.9. The number of rotatable bonds is 7. The largest absolute Gasteiger partial charge is 0.454 e. The van der Waals surface area contributed by atoms with E-state index in [0.717, 1.165) is 11.8 Å². The van der Waals surface area contributed by atoms with Gasteiger partial charge in [0, 0.05) is 25.6 Å². The van der Waals surface area contributed by atoms with Crippen LogP contribution < -0.4 is 14.8 Å². The molecule has 7 nitrogen and oxygen atoms in total. The lowest BCUT2D eigenvalue weighted by molar-refractivity contribution is -0.121. The van der Waals surface area contributed by atoms with E-state index in [1.54, 1.807) is 19.9 Å². The second-order valence-corrected chi connectivity index (χ2v) is 7.62. The molecule has 0 saturated heterocycles. The van der Waals surface area contributed by atoms with Crippen molar-refractivity contribution in [2.75, 3.05) is 19.6 Å². The van der Waals surface area contributed by atoms with Gasteiger partial charge in [-0.1, -0.05) is 6.07 Å². The van der Waals surface area contributed by atoms with E-state index in [1.165, 1.54) is 4.31 Å². The summed E-state index contributed by atoms with van der Waals surface area (Å²) in [5.74, 6) is 1.16. The lowest BCUT2D eigenvalue weighted by atomic mass is 10.2. The zero-order chi connectivity index (χ0) is 17.0. The van der Waals surface area contributed by atoms with E-state index in [9.17, 15) is 13.2 Å². The molecule has 1 amide bonds. The number of ether oxygens (including phenoxy) is 2. The summed E-state index contributed by atoms with van der Waals surface area (Å²) >= 11 is 0. The molecule has 0 bridgehead atoms. The van der Waals surface area contributed by atoms with Gasteiger partial charge in [-0.15, -0.1) is 0 Å². The van der Waals surface area contributed by atoms with E-state index in [-0.39, 0.29) is 31.7 Å². The molecule has 0 radical (unpaired) electrons. The van der Waals surface area contributed by atoms with Gasteiger partial charge in [-0.05, 0) is 31.5 Å². The zero-order valence-electron chi connectivity index (χ0n) is 13.5. The van der Waals surface area contributed by atoms with Crippen LogP contribution in [0.25, 0.3) is 0 Å². The number of amides is 1. The Bertz CT molecular complexity index is 672. The highest BCUT2D eigenvalue weighted by Crippen LogP contribution is 2.32. The van der Waals surface area contributed by atoms with Gasteiger partial charge in [0.05, 0.1) is 6.26 Å². The molecule has 0 atom stereocenters. The maximum absolute atomic E-state index is 11.9. The first kappa shape index (κ1) is 17.6. The van der Waals surface area contributed by atoms with E-state index in [4.69, 9.17) is 9.47 Å². The Labute approximate surface area is 136 Å². The molecule has 0 aromatic heterocycles. The van der Waals surface area contributed by atoms with Crippen LogP contribution in [0.15, 0.2) is 18.2 Å². The van der Waals surface area contributed by atoms with Crippen molar-refractivity contribution in [2.24, 2.45) is 0 Å². The van der Waals surface area contributed by atoms with Crippen LogP contribution in [0.5, 0.6) is 11.5 Å². The molecule has 0 saturated carbocycles. The molecule has 0 fully saturated rings. The van der Waals surface area contributed by atoms with Gasteiger partial charge in [0.1, 0.15) is 0 Å². The molecule has 0 aliphatic carbocycles. The average Bonchev–Trinajstić information content (AvgIpc) is 2.90. The molecule has 0 spiro atoms. The van der Waals surface area contributed by atoms with Crippen molar-refractivity contribution < 1.29 is 22.7 Å². The predicted octanol–water partition coefficient (Wildman–Crippen LogP) is 1.09. The van der Waals surface area contributed by atoms with Gasteiger partial charge in [-0.2, -0.15) is 4.31 Å². The fourth-order valence-electron chi connectivity index (χ4n) is 2.36. The zero-order valence-corrected chi connectivity index (χ0v) is 14.4. The summed E-state index contributed by atoms with van der Waals surface area (Å²) in [5.41, 5.74) is 0.895. The van der Waals surface area contributed by atoms with Crippen LogP contribution in [0, 0.1) is 0 Å². The number of benzene rings is 1. The van der Waals surface area contributed by atoms with Crippen LogP contribution in [-0.4, -0.2) is 44.3 Å². The Hall–Kier alpha value is -1.80. The van der Waals surface area contributed by atoms with E-state index < -0.39 is 10.0 Å². The summed E-state index contributed by atoms with van der Waals surface area (Å²) in [6.45, 7) is 4.30. The number of nitrogens with zero attached hydrogens (tertiary/aromatic N) is 1. The first-order chi connectivity index (χ1) is 10.8. The SMILES string of the molecule is CC(C)N(CCC(=O)NCc1ccc2c(c1)OCO2)S(C)(=O)=O. The number of fused-ring (bicyclic) bond motifs is 1. The topological polar surface area (TPSA) is 84.9 Å². The molecule has 1 aromatic carbocycles. The van der Waals surface area contributed by atoms with E-state index >= 15 is 0 Å². The van der Waals surface area contributed by atoms with Crippen LogP contribution in [0.1, 0.15) is 25.8 Å². The Morgan fingerprint density at radius 3 is 2.65 bits per heavy atom. The summed E-state index contributed by atoms with van der Waals surface area (Å²) in [6.07, 6.45) is 1.27. The lowest BCUT2D eigenvalue weighted by Crippen LogP contribution is -2.39. The van der Waals surface area contributed by atoms with Gasteiger partial charge >= 0.3 is 0 Å². The maximum Gasteiger partial charge on any atom is 0.231 e. The first-order valence-electron chi connectivity index (χ1n) is 7.39. The van der Waals surface area contributed by atoms with Crippen molar-refractivity contribution >= 4 is 15.9 Å². The van der Waals surface area contributed by atoms with Gasteiger partial charge < -0.3 is 14.8 Å². The number of carbonyl (C=O) groups is 1. The van der Waals surface area contributed by atoms with E-state index in [0.29, 0.717) is 18.0 Å². The van der Waals surface area contributed by atoms with Crippen LogP contribution in [0.2, 0.25) is 0 Å². The van der Waals surface area contributed by atoms with Crippen LogP contribution in [-0.2, 0) is 21.4 Å².